The largest absolute Gasteiger partial charge is 0.488 e. The molecule has 1 aromatic heterocycles. The molecule has 174 valence electrons. The molecule has 6 heteroatoms. The van der Waals surface area contributed by atoms with Crippen molar-refractivity contribution in [3.05, 3.63) is 58.9 Å². The van der Waals surface area contributed by atoms with Gasteiger partial charge in [0.2, 0.25) is 5.91 Å². The number of carbonyl (C=O) groups excluding carboxylic acids is 1. The molecule has 2 aliphatic heterocycles. The maximum atomic E-state index is 13.0. The smallest absolute Gasteiger partial charge is 0.223 e. The monoisotopic (exact) mass is 473 g/mol. The summed E-state index contributed by atoms with van der Waals surface area (Å²) in [5.74, 6) is 2.30. The lowest BCUT2D eigenvalue weighted by molar-refractivity contribution is -0.134. The first kappa shape index (κ1) is 21.5. The number of fused-ring (bicyclic) bond motifs is 6. The average molecular weight is 474 g/mol. The van der Waals surface area contributed by atoms with Crippen LogP contribution in [0.3, 0.4) is 0 Å². The third-order valence-corrected chi connectivity index (χ3v) is 7.42. The van der Waals surface area contributed by atoms with E-state index in [1.165, 1.54) is 0 Å². The molecule has 0 saturated carbocycles. The van der Waals surface area contributed by atoms with E-state index in [0.717, 1.165) is 67.9 Å². The summed E-state index contributed by atoms with van der Waals surface area (Å²) >= 11 is 6.19. The first-order valence-electron chi connectivity index (χ1n) is 12.1. The fraction of sp³-hybridized carbons (Fsp3) is 0.357. The Morgan fingerprint density at radius 2 is 2.03 bits per heavy atom. The molecule has 4 aromatic rings. The van der Waals surface area contributed by atoms with Gasteiger partial charge in [0.25, 0.3) is 0 Å². The number of amides is 1. The van der Waals surface area contributed by atoms with Crippen molar-refractivity contribution in [3.63, 3.8) is 0 Å². The predicted octanol–water partition coefficient (Wildman–Crippen LogP) is 7.03. The van der Waals surface area contributed by atoms with Crippen LogP contribution in [0.2, 0.25) is 5.02 Å². The highest BCUT2D eigenvalue weighted by atomic mass is 35.5. The summed E-state index contributed by atoms with van der Waals surface area (Å²) < 4.78 is 6.12. The fourth-order valence-corrected chi connectivity index (χ4v) is 5.75. The zero-order valence-corrected chi connectivity index (χ0v) is 20.4. The van der Waals surface area contributed by atoms with Gasteiger partial charge >= 0.3 is 0 Å². The summed E-state index contributed by atoms with van der Waals surface area (Å²) in [5.41, 5.74) is 5.26. The van der Waals surface area contributed by atoms with Gasteiger partial charge in [0.05, 0.1) is 17.1 Å². The zero-order chi connectivity index (χ0) is 23.6. The summed E-state index contributed by atoms with van der Waals surface area (Å²) in [7, 11) is 0. The number of nitrogens with zero attached hydrogens (tertiary/aromatic N) is 2. The maximum Gasteiger partial charge on any atom is 0.223 e. The number of benzene rings is 3. The number of ether oxygens (including phenoxy) is 1. The molecular weight excluding hydrogens is 446 g/mol. The van der Waals surface area contributed by atoms with Crippen molar-refractivity contribution in [1.82, 2.24) is 14.9 Å². The predicted molar refractivity (Wildman–Crippen MR) is 136 cm³/mol. The maximum absolute atomic E-state index is 13.0. The first-order valence-corrected chi connectivity index (χ1v) is 12.5. The second kappa shape index (κ2) is 8.02. The van der Waals surface area contributed by atoms with Crippen LogP contribution in [0.4, 0.5) is 0 Å². The van der Waals surface area contributed by atoms with Crippen molar-refractivity contribution >= 4 is 39.3 Å². The van der Waals surface area contributed by atoms with Crippen molar-refractivity contribution in [1.29, 1.82) is 0 Å². The molecule has 0 unspecified atom stereocenters. The lowest BCUT2D eigenvalue weighted by atomic mass is 9.94. The second-order valence-corrected chi connectivity index (χ2v) is 10.5. The molecule has 34 heavy (non-hydrogen) atoms. The van der Waals surface area contributed by atoms with Crippen LogP contribution in [0.5, 0.6) is 5.75 Å². The number of likely N-dealkylation sites (tertiary alicyclic amines) is 1. The molecule has 2 atom stereocenters. The molecule has 0 spiro atoms. The lowest BCUT2D eigenvalue weighted by Crippen LogP contribution is -2.36. The van der Waals surface area contributed by atoms with E-state index in [1.807, 2.05) is 17.0 Å². The highest BCUT2D eigenvalue weighted by molar-refractivity contribution is 6.30. The van der Waals surface area contributed by atoms with E-state index < -0.39 is 0 Å². The van der Waals surface area contributed by atoms with E-state index >= 15 is 0 Å². The average Bonchev–Trinajstić information content (AvgIpc) is 3.40. The number of hydrogen-bond donors (Lipinski definition) is 1. The van der Waals surface area contributed by atoms with Gasteiger partial charge in [-0.2, -0.15) is 0 Å². The van der Waals surface area contributed by atoms with Crippen molar-refractivity contribution in [2.24, 2.45) is 5.92 Å². The Morgan fingerprint density at radius 3 is 2.85 bits per heavy atom. The molecule has 0 aliphatic carbocycles. The summed E-state index contributed by atoms with van der Waals surface area (Å²) in [6.45, 7) is 6.83. The molecule has 2 aliphatic rings. The van der Waals surface area contributed by atoms with E-state index in [4.69, 9.17) is 21.3 Å². The molecular formula is C28H28ClN3O2. The van der Waals surface area contributed by atoms with Gasteiger partial charge in [0, 0.05) is 28.4 Å². The first-order chi connectivity index (χ1) is 16.4. The minimum absolute atomic E-state index is 0.00537. The van der Waals surface area contributed by atoms with Gasteiger partial charge in [-0.1, -0.05) is 37.6 Å². The topological polar surface area (TPSA) is 58.2 Å². The van der Waals surface area contributed by atoms with Gasteiger partial charge < -0.3 is 14.6 Å². The van der Waals surface area contributed by atoms with E-state index in [0.29, 0.717) is 18.9 Å². The Bertz CT molecular complexity index is 1440. The van der Waals surface area contributed by atoms with E-state index in [1.54, 1.807) is 0 Å². The van der Waals surface area contributed by atoms with Gasteiger partial charge in [-0.3, -0.25) is 4.79 Å². The SMILES string of the molecule is CC(C)CC(=O)N1[C@@H](C)CC[C@H]1c1nc2c(ccc3cc4c(cc32)OCc2cc(Cl)ccc2-4)[nH]1. The van der Waals surface area contributed by atoms with Crippen molar-refractivity contribution in [2.75, 3.05) is 0 Å². The van der Waals surface area contributed by atoms with Crippen LogP contribution < -0.4 is 4.74 Å². The van der Waals surface area contributed by atoms with E-state index in [-0.39, 0.29) is 18.0 Å². The molecule has 1 N–H and O–H groups in total. The zero-order valence-electron chi connectivity index (χ0n) is 19.7. The summed E-state index contributed by atoms with van der Waals surface area (Å²) in [6, 6.07) is 14.7. The molecule has 5 nitrogen and oxygen atoms in total. The number of nitrogens with one attached hydrogen (secondary N) is 1. The Hall–Kier alpha value is -3.05. The summed E-state index contributed by atoms with van der Waals surface area (Å²) in [5, 5.41) is 2.89. The molecule has 1 fully saturated rings. The standard InChI is InChI=1S/C28H28ClN3O2/c1-15(2)10-26(33)32-16(3)4-9-24(32)28-30-23-8-5-17-12-22-20-7-6-19(29)11-18(20)14-34-25(22)13-21(17)27(23)31-28/h5-8,11-13,15-16,24H,4,9-10,14H2,1-3H3,(H,30,31)/t16-,24-/m0/s1. The van der Waals surface area contributed by atoms with E-state index in [9.17, 15) is 4.79 Å². The number of rotatable bonds is 3. The second-order valence-electron chi connectivity index (χ2n) is 10.1. The Balaban J connectivity index is 1.43. The Morgan fingerprint density at radius 1 is 1.18 bits per heavy atom. The minimum Gasteiger partial charge on any atom is -0.488 e. The minimum atomic E-state index is -0.00537. The molecule has 1 saturated heterocycles. The Kier molecular flexibility index (Phi) is 5.07. The third kappa shape index (κ3) is 3.45. The van der Waals surface area contributed by atoms with Crippen LogP contribution >= 0.6 is 11.6 Å². The van der Waals surface area contributed by atoms with Gasteiger partial charge in [-0.25, -0.2) is 4.98 Å². The number of hydrogen-bond acceptors (Lipinski definition) is 3. The third-order valence-electron chi connectivity index (χ3n) is 7.18. The fourth-order valence-electron chi connectivity index (χ4n) is 5.56. The van der Waals surface area contributed by atoms with Crippen molar-refractivity contribution < 1.29 is 9.53 Å². The highest BCUT2D eigenvalue weighted by Crippen LogP contribution is 2.43. The molecule has 6 rings (SSSR count). The number of halogens is 1. The molecule has 3 heterocycles. The highest BCUT2D eigenvalue weighted by Gasteiger charge is 2.37. The van der Waals surface area contributed by atoms with Gasteiger partial charge in [0.1, 0.15) is 18.2 Å². The normalized spacial score (nSPS) is 19.5. The van der Waals surface area contributed by atoms with Crippen molar-refractivity contribution in [2.45, 2.75) is 58.7 Å². The number of aromatic amines is 1. The summed E-state index contributed by atoms with van der Waals surface area (Å²) in [4.78, 5) is 23.6. The lowest BCUT2D eigenvalue weighted by Gasteiger charge is -2.28. The number of aromatic nitrogens is 2. The quantitative estimate of drug-likeness (QED) is 0.347. The molecule has 1 amide bonds. The number of imidazole rings is 1. The van der Waals surface area contributed by atoms with E-state index in [2.05, 4.69) is 56.1 Å². The van der Waals surface area contributed by atoms with Crippen LogP contribution in [-0.2, 0) is 11.4 Å². The number of carbonyl (C=O) groups is 1. The number of H-pyrrole nitrogens is 1. The van der Waals surface area contributed by atoms with Crippen LogP contribution in [-0.4, -0.2) is 26.8 Å². The summed E-state index contributed by atoms with van der Waals surface area (Å²) in [6.07, 6.45) is 2.50. The van der Waals surface area contributed by atoms with Crippen LogP contribution in [0, 0.1) is 5.92 Å². The van der Waals surface area contributed by atoms with Gasteiger partial charge in [-0.05, 0) is 72.5 Å². The van der Waals surface area contributed by atoms with Crippen LogP contribution in [0.25, 0.3) is 32.9 Å². The van der Waals surface area contributed by atoms with Gasteiger partial charge in [-0.15, -0.1) is 0 Å². The van der Waals surface area contributed by atoms with Crippen molar-refractivity contribution in [3.8, 4) is 16.9 Å². The molecule has 0 radical (unpaired) electrons. The van der Waals surface area contributed by atoms with Crippen LogP contribution in [0.15, 0.2) is 42.5 Å². The van der Waals surface area contributed by atoms with Crippen LogP contribution in [0.1, 0.15) is 57.5 Å². The van der Waals surface area contributed by atoms with Gasteiger partial charge in [0.15, 0.2) is 0 Å². The molecule has 0 bridgehead atoms. The Labute approximate surface area is 204 Å². The molecule has 3 aromatic carbocycles.